The third-order valence-electron chi connectivity index (χ3n) is 4.38. The Balaban J connectivity index is 2.29. The molecule has 0 radical (unpaired) electrons. The van der Waals surface area contributed by atoms with Crippen LogP contribution in [-0.2, 0) is 25.9 Å². The largest absolute Gasteiger partial charge is 0.344 e. The zero-order valence-electron chi connectivity index (χ0n) is 12.4. The normalized spacial score (nSPS) is 15.9. The number of hydrogen-bond donors (Lipinski definition) is 0. The van der Waals surface area contributed by atoms with Crippen LogP contribution in [-0.4, -0.2) is 23.1 Å². The third-order valence-corrected chi connectivity index (χ3v) is 4.38. The SMILES string of the molecule is CCCn1c2c(c3cccc(CC)c31)CN(C)CC2. The van der Waals surface area contributed by atoms with Crippen molar-refractivity contribution in [2.45, 2.75) is 46.2 Å². The van der Waals surface area contributed by atoms with Gasteiger partial charge in [-0.05, 0) is 31.0 Å². The van der Waals surface area contributed by atoms with Gasteiger partial charge in [0.1, 0.15) is 0 Å². The summed E-state index contributed by atoms with van der Waals surface area (Å²) in [4.78, 5) is 2.44. The van der Waals surface area contributed by atoms with Crippen LogP contribution < -0.4 is 0 Å². The quantitative estimate of drug-likeness (QED) is 0.814. The number of nitrogens with zero attached hydrogens (tertiary/aromatic N) is 2. The highest BCUT2D eigenvalue weighted by atomic mass is 15.1. The van der Waals surface area contributed by atoms with Crippen molar-refractivity contribution in [3.8, 4) is 0 Å². The summed E-state index contributed by atoms with van der Waals surface area (Å²) in [5.41, 5.74) is 6.18. The van der Waals surface area contributed by atoms with Crippen molar-refractivity contribution in [1.29, 1.82) is 0 Å². The van der Waals surface area contributed by atoms with Crippen LogP contribution in [0.15, 0.2) is 18.2 Å². The van der Waals surface area contributed by atoms with Gasteiger partial charge < -0.3 is 9.47 Å². The molecule has 1 aromatic carbocycles. The van der Waals surface area contributed by atoms with E-state index in [1.165, 1.54) is 35.9 Å². The van der Waals surface area contributed by atoms with E-state index in [1.54, 1.807) is 11.3 Å². The molecule has 0 fully saturated rings. The molecule has 2 nitrogen and oxygen atoms in total. The maximum Gasteiger partial charge on any atom is 0.0518 e. The Morgan fingerprint density at radius 2 is 2.05 bits per heavy atom. The van der Waals surface area contributed by atoms with Crippen LogP contribution in [0.2, 0.25) is 0 Å². The minimum Gasteiger partial charge on any atom is -0.344 e. The van der Waals surface area contributed by atoms with E-state index >= 15 is 0 Å². The second kappa shape index (κ2) is 5.01. The summed E-state index contributed by atoms with van der Waals surface area (Å²) in [5.74, 6) is 0. The average Bonchev–Trinajstić information content (AvgIpc) is 2.73. The van der Waals surface area contributed by atoms with Crippen LogP contribution in [0.25, 0.3) is 10.9 Å². The molecule has 0 amide bonds. The zero-order chi connectivity index (χ0) is 13.4. The number of hydrogen-bond acceptors (Lipinski definition) is 1. The number of fused-ring (bicyclic) bond motifs is 3. The third kappa shape index (κ3) is 1.99. The molecule has 2 heterocycles. The molecule has 3 rings (SSSR count). The highest BCUT2D eigenvalue weighted by molar-refractivity contribution is 5.88. The Hall–Kier alpha value is -1.28. The first-order chi connectivity index (χ1) is 9.26. The van der Waals surface area contributed by atoms with Crippen molar-refractivity contribution >= 4 is 10.9 Å². The number of para-hydroxylation sites is 1. The highest BCUT2D eigenvalue weighted by Gasteiger charge is 2.22. The molecule has 102 valence electrons. The lowest BCUT2D eigenvalue weighted by molar-refractivity contribution is 0.309. The van der Waals surface area contributed by atoms with Crippen LogP contribution in [0.3, 0.4) is 0 Å². The van der Waals surface area contributed by atoms with Crippen molar-refractivity contribution < 1.29 is 0 Å². The smallest absolute Gasteiger partial charge is 0.0518 e. The molecule has 0 spiro atoms. The minimum atomic E-state index is 1.11. The number of aromatic nitrogens is 1. The molecule has 1 aliphatic rings. The van der Waals surface area contributed by atoms with E-state index in [4.69, 9.17) is 0 Å². The van der Waals surface area contributed by atoms with E-state index in [-0.39, 0.29) is 0 Å². The Morgan fingerprint density at radius 3 is 2.79 bits per heavy atom. The highest BCUT2D eigenvalue weighted by Crippen LogP contribution is 2.33. The molecular weight excluding hydrogens is 232 g/mol. The first kappa shape index (κ1) is 12.7. The van der Waals surface area contributed by atoms with Gasteiger partial charge in [0.05, 0.1) is 5.52 Å². The van der Waals surface area contributed by atoms with Crippen LogP contribution >= 0.6 is 0 Å². The van der Waals surface area contributed by atoms with Gasteiger partial charge in [0.2, 0.25) is 0 Å². The second-order valence-electron chi connectivity index (χ2n) is 5.73. The molecule has 0 aliphatic carbocycles. The minimum absolute atomic E-state index is 1.11. The lowest BCUT2D eigenvalue weighted by Gasteiger charge is -2.24. The standard InChI is InChI=1S/C17H24N2/c1-4-10-19-16-9-11-18(3)12-15(16)14-8-6-7-13(5-2)17(14)19/h6-8H,4-5,9-12H2,1-3H3. The lowest BCUT2D eigenvalue weighted by Crippen LogP contribution is -2.27. The molecule has 2 heteroatoms. The molecular formula is C17H24N2. The fourth-order valence-corrected chi connectivity index (χ4v) is 3.47. The van der Waals surface area contributed by atoms with E-state index in [0.29, 0.717) is 0 Å². The summed E-state index contributed by atoms with van der Waals surface area (Å²) in [5, 5.41) is 1.49. The maximum atomic E-state index is 2.61. The first-order valence-electron chi connectivity index (χ1n) is 7.56. The Labute approximate surface area is 116 Å². The Bertz CT molecular complexity index is 595. The van der Waals surface area contributed by atoms with Gasteiger partial charge in [0.15, 0.2) is 0 Å². The van der Waals surface area contributed by atoms with Crippen molar-refractivity contribution in [3.63, 3.8) is 0 Å². The summed E-state index contributed by atoms with van der Waals surface area (Å²) >= 11 is 0. The molecule has 1 aromatic heterocycles. The van der Waals surface area contributed by atoms with Crippen molar-refractivity contribution in [3.05, 3.63) is 35.0 Å². The van der Waals surface area contributed by atoms with Crippen LogP contribution in [0.1, 0.15) is 37.1 Å². The molecule has 0 bridgehead atoms. The van der Waals surface area contributed by atoms with E-state index in [0.717, 1.165) is 19.5 Å². The summed E-state index contributed by atoms with van der Waals surface area (Å²) in [6.07, 6.45) is 3.54. The predicted molar refractivity (Wildman–Crippen MR) is 81.6 cm³/mol. The van der Waals surface area contributed by atoms with Crippen molar-refractivity contribution in [2.24, 2.45) is 0 Å². The van der Waals surface area contributed by atoms with Gasteiger partial charge in [0, 0.05) is 37.1 Å². The molecule has 0 saturated carbocycles. The van der Waals surface area contributed by atoms with Gasteiger partial charge in [-0.3, -0.25) is 0 Å². The fourth-order valence-electron chi connectivity index (χ4n) is 3.47. The first-order valence-corrected chi connectivity index (χ1v) is 7.56. The van der Waals surface area contributed by atoms with Gasteiger partial charge in [-0.25, -0.2) is 0 Å². The molecule has 0 unspecified atom stereocenters. The van der Waals surface area contributed by atoms with Gasteiger partial charge >= 0.3 is 0 Å². The molecule has 0 saturated heterocycles. The summed E-state index contributed by atoms with van der Waals surface area (Å²) < 4.78 is 2.61. The maximum absolute atomic E-state index is 2.61. The van der Waals surface area contributed by atoms with E-state index in [9.17, 15) is 0 Å². The van der Waals surface area contributed by atoms with Crippen LogP contribution in [0.4, 0.5) is 0 Å². The summed E-state index contributed by atoms with van der Waals surface area (Å²) in [6, 6.07) is 6.84. The number of rotatable bonds is 3. The van der Waals surface area contributed by atoms with Crippen molar-refractivity contribution in [2.75, 3.05) is 13.6 Å². The number of likely N-dealkylation sites (N-methyl/N-ethyl adjacent to an activating group) is 1. The van der Waals surface area contributed by atoms with Gasteiger partial charge in [-0.15, -0.1) is 0 Å². The Morgan fingerprint density at radius 1 is 1.21 bits per heavy atom. The van der Waals surface area contributed by atoms with Crippen LogP contribution in [0.5, 0.6) is 0 Å². The van der Waals surface area contributed by atoms with Crippen LogP contribution in [0, 0.1) is 0 Å². The summed E-state index contributed by atoms with van der Waals surface area (Å²) in [6.45, 7) is 8.00. The molecule has 19 heavy (non-hydrogen) atoms. The van der Waals surface area contributed by atoms with Crippen molar-refractivity contribution in [1.82, 2.24) is 9.47 Å². The number of aryl methyl sites for hydroxylation is 2. The topological polar surface area (TPSA) is 8.17 Å². The van der Waals surface area contributed by atoms with E-state index in [2.05, 4.69) is 48.6 Å². The average molecular weight is 256 g/mol. The van der Waals surface area contributed by atoms with Gasteiger partial charge in [-0.1, -0.05) is 32.0 Å². The molecule has 0 N–H and O–H groups in total. The van der Waals surface area contributed by atoms with Gasteiger partial charge in [0.25, 0.3) is 0 Å². The second-order valence-corrected chi connectivity index (χ2v) is 5.73. The molecule has 2 aromatic rings. The monoisotopic (exact) mass is 256 g/mol. The van der Waals surface area contributed by atoms with E-state index < -0.39 is 0 Å². The van der Waals surface area contributed by atoms with E-state index in [1.807, 2.05) is 0 Å². The fraction of sp³-hybridized carbons (Fsp3) is 0.529. The predicted octanol–water partition coefficient (Wildman–Crippen LogP) is 3.60. The van der Waals surface area contributed by atoms with Gasteiger partial charge in [-0.2, -0.15) is 0 Å². The number of benzene rings is 1. The molecule has 1 aliphatic heterocycles. The Kier molecular flexibility index (Phi) is 3.36. The molecule has 0 atom stereocenters. The lowest BCUT2D eigenvalue weighted by atomic mass is 10.0. The summed E-state index contributed by atoms with van der Waals surface area (Å²) in [7, 11) is 2.23. The zero-order valence-corrected chi connectivity index (χ0v) is 12.4.